The van der Waals surface area contributed by atoms with Crippen LogP contribution in [0.3, 0.4) is 0 Å². The summed E-state index contributed by atoms with van der Waals surface area (Å²) in [6.07, 6.45) is 1.66. The van der Waals surface area contributed by atoms with Gasteiger partial charge in [0, 0.05) is 12.2 Å². The molecule has 2 aromatic carbocycles. The lowest BCUT2D eigenvalue weighted by molar-refractivity contribution is 0.291. The fourth-order valence-corrected chi connectivity index (χ4v) is 3.93. The SMILES string of the molecule is CC(C)(C)c1ccc(OCc2nnc(SCCCc3nc4ccccc4o3)n2N)cc1. The summed E-state index contributed by atoms with van der Waals surface area (Å²) < 4.78 is 13.1. The van der Waals surface area contributed by atoms with Crippen LogP contribution in [-0.4, -0.2) is 25.6 Å². The average molecular weight is 438 g/mol. The summed E-state index contributed by atoms with van der Waals surface area (Å²) in [6.45, 7) is 6.83. The van der Waals surface area contributed by atoms with Gasteiger partial charge in [0.2, 0.25) is 5.16 Å². The second-order valence-corrected chi connectivity index (χ2v) is 9.42. The Morgan fingerprint density at radius 2 is 1.84 bits per heavy atom. The van der Waals surface area contributed by atoms with Crippen molar-refractivity contribution in [2.75, 3.05) is 11.6 Å². The van der Waals surface area contributed by atoms with Gasteiger partial charge in [0.15, 0.2) is 17.3 Å². The smallest absolute Gasteiger partial charge is 0.209 e. The topological polar surface area (TPSA) is 92.0 Å². The molecule has 0 aliphatic carbocycles. The highest BCUT2D eigenvalue weighted by atomic mass is 32.2. The average Bonchev–Trinajstić information content (AvgIpc) is 3.32. The number of nitrogens with two attached hydrogens (primary N) is 1. The number of oxazole rings is 1. The Kier molecular flexibility index (Phi) is 6.18. The number of hydrogen-bond donors (Lipinski definition) is 1. The molecule has 2 heterocycles. The minimum Gasteiger partial charge on any atom is -0.486 e. The predicted octanol–water partition coefficient (Wildman–Crippen LogP) is 4.73. The molecule has 0 saturated heterocycles. The Balaban J connectivity index is 1.26. The molecule has 8 heteroatoms. The second-order valence-electron chi connectivity index (χ2n) is 8.36. The van der Waals surface area contributed by atoms with Crippen LogP contribution in [0.2, 0.25) is 0 Å². The highest BCUT2D eigenvalue weighted by Crippen LogP contribution is 2.25. The third-order valence-electron chi connectivity index (χ3n) is 4.93. The third-order valence-corrected chi connectivity index (χ3v) is 5.96. The largest absolute Gasteiger partial charge is 0.486 e. The zero-order chi connectivity index (χ0) is 21.8. The van der Waals surface area contributed by atoms with Crippen LogP contribution in [0.5, 0.6) is 5.75 Å². The monoisotopic (exact) mass is 437 g/mol. The van der Waals surface area contributed by atoms with Gasteiger partial charge in [-0.2, -0.15) is 0 Å². The molecule has 31 heavy (non-hydrogen) atoms. The number of nitrogens with zero attached hydrogens (tertiary/aromatic N) is 4. The molecule has 0 atom stereocenters. The number of para-hydroxylation sites is 2. The zero-order valence-corrected chi connectivity index (χ0v) is 18.9. The van der Waals surface area contributed by atoms with Crippen molar-refractivity contribution >= 4 is 22.9 Å². The van der Waals surface area contributed by atoms with E-state index >= 15 is 0 Å². The van der Waals surface area contributed by atoms with Gasteiger partial charge in [-0.25, -0.2) is 9.66 Å². The van der Waals surface area contributed by atoms with E-state index in [-0.39, 0.29) is 12.0 Å². The first-order chi connectivity index (χ1) is 14.9. The highest BCUT2D eigenvalue weighted by molar-refractivity contribution is 7.99. The van der Waals surface area contributed by atoms with Crippen LogP contribution in [0.1, 0.15) is 44.5 Å². The molecule has 0 spiro atoms. The molecule has 7 nitrogen and oxygen atoms in total. The molecular formula is C23H27N5O2S. The number of fused-ring (bicyclic) bond motifs is 1. The van der Waals surface area contributed by atoms with Gasteiger partial charge in [0.1, 0.15) is 17.9 Å². The first kappa shape index (κ1) is 21.2. The van der Waals surface area contributed by atoms with E-state index in [1.165, 1.54) is 10.2 Å². The normalized spacial score (nSPS) is 11.8. The maximum absolute atomic E-state index is 6.15. The molecule has 0 amide bonds. The molecule has 0 bridgehead atoms. The Labute approximate surface area is 186 Å². The summed E-state index contributed by atoms with van der Waals surface area (Å²) in [5, 5.41) is 9.02. The summed E-state index contributed by atoms with van der Waals surface area (Å²) >= 11 is 1.56. The Hall–Kier alpha value is -3.00. The number of nitrogen functional groups attached to an aromatic ring is 1. The van der Waals surface area contributed by atoms with E-state index in [1.807, 2.05) is 36.4 Å². The lowest BCUT2D eigenvalue weighted by Gasteiger charge is -2.19. The molecule has 2 N–H and O–H groups in total. The van der Waals surface area contributed by atoms with Crippen LogP contribution < -0.4 is 10.6 Å². The molecule has 162 valence electrons. The van der Waals surface area contributed by atoms with Gasteiger partial charge in [-0.15, -0.1) is 10.2 Å². The quantitative estimate of drug-likeness (QED) is 0.242. The van der Waals surface area contributed by atoms with Crippen molar-refractivity contribution in [3.8, 4) is 5.75 Å². The van der Waals surface area contributed by atoms with Crippen LogP contribution >= 0.6 is 11.8 Å². The molecule has 0 saturated carbocycles. The van der Waals surface area contributed by atoms with Crippen molar-refractivity contribution in [3.05, 3.63) is 65.8 Å². The number of rotatable bonds is 8. The van der Waals surface area contributed by atoms with Gasteiger partial charge in [-0.05, 0) is 41.7 Å². The van der Waals surface area contributed by atoms with Crippen LogP contribution in [0.15, 0.2) is 58.1 Å². The molecule has 2 aromatic heterocycles. The van der Waals surface area contributed by atoms with Gasteiger partial charge in [0.05, 0.1) is 0 Å². The van der Waals surface area contributed by atoms with E-state index in [0.29, 0.717) is 11.0 Å². The van der Waals surface area contributed by atoms with Crippen molar-refractivity contribution in [2.45, 2.75) is 50.8 Å². The standard InChI is InChI=1S/C23H27N5O2S/c1-23(2,3)16-10-12-17(13-11-16)29-15-20-26-27-22(28(20)24)31-14-6-9-21-25-18-7-4-5-8-19(18)30-21/h4-5,7-8,10-13H,6,9,14-15,24H2,1-3H3. The van der Waals surface area contributed by atoms with Gasteiger partial charge < -0.3 is 15.0 Å². The number of thioether (sulfide) groups is 1. The summed E-state index contributed by atoms with van der Waals surface area (Å²) in [7, 11) is 0. The molecule has 0 radical (unpaired) electrons. The molecule has 0 aliphatic rings. The molecule has 0 unspecified atom stereocenters. The first-order valence-corrected chi connectivity index (χ1v) is 11.3. The number of hydrogen-bond acceptors (Lipinski definition) is 7. The predicted molar refractivity (Wildman–Crippen MR) is 123 cm³/mol. The summed E-state index contributed by atoms with van der Waals surface area (Å²) in [5.74, 6) is 9.11. The van der Waals surface area contributed by atoms with Gasteiger partial charge in [-0.3, -0.25) is 0 Å². The third kappa shape index (κ3) is 5.19. The van der Waals surface area contributed by atoms with Gasteiger partial charge in [0.25, 0.3) is 0 Å². The van der Waals surface area contributed by atoms with E-state index in [0.717, 1.165) is 41.3 Å². The van der Waals surface area contributed by atoms with E-state index in [2.05, 4.69) is 48.1 Å². The minimum absolute atomic E-state index is 0.114. The van der Waals surface area contributed by atoms with Crippen molar-refractivity contribution in [2.24, 2.45) is 0 Å². The molecular weight excluding hydrogens is 410 g/mol. The first-order valence-electron chi connectivity index (χ1n) is 10.3. The van der Waals surface area contributed by atoms with Crippen LogP contribution in [-0.2, 0) is 18.4 Å². The summed E-state index contributed by atoms with van der Waals surface area (Å²) in [5.41, 5.74) is 3.09. The van der Waals surface area contributed by atoms with E-state index in [9.17, 15) is 0 Å². The number of benzene rings is 2. The van der Waals surface area contributed by atoms with E-state index in [4.69, 9.17) is 15.0 Å². The maximum Gasteiger partial charge on any atom is 0.209 e. The Morgan fingerprint density at radius 1 is 1.06 bits per heavy atom. The fraction of sp³-hybridized carbons (Fsp3) is 0.348. The summed E-state index contributed by atoms with van der Waals surface area (Å²) in [4.78, 5) is 4.50. The number of ether oxygens (including phenoxy) is 1. The Bertz CT molecular complexity index is 1110. The number of aryl methyl sites for hydroxylation is 1. The minimum atomic E-state index is 0.114. The lowest BCUT2D eigenvalue weighted by atomic mass is 9.87. The highest BCUT2D eigenvalue weighted by Gasteiger charge is 2.14. The lowest BCUT2D eigenvalue weighted by Crippen LogP contribution is -2.16. The fourth-order valence-electron chi connectivity index (χ4n) is 3.12. The maximum atomic E-state index is 6.15. The molecule has 4 aromatic rings. The van der Waals surface area contributed by atoms with Crippen LogP contribution in [0, 0.1) is 0 Å². The molecule has 4 rings (SSSR count). The second kappa shape index (κ2) is 9.01. The van der Waals surface area contributed by atoms with Gasteiger partial charge >= 0.3 is 0 Å². The van der Waals surface area contributed by atoms with Crippen molar-refractivity contribution in [1.82, 2.24) is 19.9 Å². The Morgan fingerprint density at radius 3 is 2.58 bits per heavy atom. The number of aromatic nitrogens is 4. The van der Waals surface area contributed by atoms with Crippen molar-refractivity contribution < 1.29 is 9.15 Å². The molecule has 0 fully saturated rings. The van der Waals surface area contributed by atoms with E-state index < -0.39 is 0 Å². The van der Waals surface area contributed by atoms with Crippen LogP contribution in [0.25, 0.3) is 11.1 Å². The molecule has 0 aliphatic heterocycles. The zero-order valence-electron chi connectivity index (χ0n) is 18.0. The van der Waals surface area contributed by atoms with Crippen molar-refractivity contribution in [1.29, 1.82) is 0 Å². The van der Waals surface area contributed by atoms with Crippen LogP contribution in [0.4, 0.5) is 0 Å². The summed E-state index contributed by atoms with van der Waals surface area (Å²) in [6, 6.07) is 15.9. The van der Waals surface area contributed by atoms with Crippen molar-refractivity contribution in [3.63, 3.8) is 0 Å². The van der Waals surface area contributed by atoms with Gasteiger partial charge in [-0.1, -0.05) is 56.8 Å². The van der Waals surface area contributed by atoms with E-state index in [1.54, 1.807) is 11.8 Å².